The highest BCUT2D eigenvalue weighted by atomic mass is 16.4. The van der Waals surface area contributed by atoms with Gasteiger partial charge in [0.05, 0.1) is 0 Å². The quantitative estimate of drug-likeness (QED) is 0.722. The summed E-state index contributed by atoms with van der Waals surface area (Å²) in [7, 11) is 3.80. The van der Waals surface area contributed by atoms with Crippen molar-refractivity contribution in [2.75, 3.05) is 33.7 Å². The van der Waals surface area contributed by atoms with E-state index in [0.717, 1.165) is 13.1 Å². The van der Waals surface area contributed by atoms with Crippen molar-refractivity contribution in [3.63, 3.8) is 0 Å². The van der Waals surface area contributed by atoms with Crippen molar-refractivity contribution >= 4 is 5.97 Å². The lowest BCUT2D eigenvalue weighted by molar-refractivity contribution is -0.144. The van der Waals surface area contributed by atoms with Crippen LogP contribution in [0.3, 0.4) is 0 Å². The molecule has 0 aromatic carbocycles. The van der Waals surface area contributed by atoms with Gasteiger partial charge in [0, 0.05) is 19.6 Å². The Morgan fingerprint density at radius 3 is 1.93 bits per heavy atom. The molecule has 4 heteroatoms. The highest BCUT2D eigenvalue weighted by Crippen LogP contribution is 2.05. The Labute approximate surface area is 93.9 Å². The second-order valence-electron chi connectivity index (χ2n) is 3.10. The van der Waals surface area contributed by atoms with Gasteiger partial charge in [0.15, 0.2) is 0 Å². The summed E-state index contributed by atoms with van der Waals surface area (Å²) in [6.45, 7) is 10.4. The Balaban J connectivity index is 0. The van der Waals surface area contributed by atoms with E-state index in [0.29, 0.717) is 6.54 Å². The fourth-order valence-corrected chi connectivity index (χ4v) is 1.28. The molecule has 15 heavy (non-hydrogen) atoms. The van der Waals surface area contributed by atoms with Gasteiger partial charge >= 0.3 is 5.97 Å². The van der Waals surface area contributed by atoms with E-state index in [-0.39, 0.29) is 6.04 Å². The maximum atomic E-state index is 10.6. The molecule has 0 radical (unpaired) electrons. The standard InChI is InChI=1S/C7H14N2O2.2C2H6/c1-8-3-4-9(2)6(5-8)7(10)11;2*1-2/h6H,3-5H2,1-2H3,(H,10,11);2*1-2H3. The molecule has 0 saturated carbocycles. The first kappa shape index (κ1) is 16.8. The molecule has 1 fully saturated rings. The predicted molar refractivity (Wildman–Crippen MR) is 64.2 cm³/mol. The second-order valence-corrected chi connectivity index (χ2v) is 3.10. The number of likely N-dealkylation sites (N-methyl/N-ethyl adjacent to an activating group) is 2. The summed E-state index contributed by atoms with van der Waals surface area (Å²) in [6.07, 6.45) is 0. The van der Waals surface area contributed by atoms with Gasteiger partial charge in [0.2, 0.25) is 0 Å². The summed E-state index contributed by atoms with van der Waals surface area (Å²) in [6, 6.07) is -0.325. The Morgan fingerprint density at radius 1 is 1.13 bits per heavy atom. The molecule has 0 bridgehead atoms. The number of carbonyl (C=O) groups is 1. The second kappa shape index (κ2) is 9.93. The van der Waals surface area contributed by atoms with Gasteiger partial charge in [-0.25, -0.2) is 0 Å². The molecule has 0 aromatic rings. The van der Waals surface area contributed by atoms with Gasteiger partial charge in [-0.1, -0.05) is 27.7 Å². The van der Waals surface area contributed by atoms with Gasteiger partial charge in [0.1, 0.15) is 6.04 Å². The lowest BCUT2D eigenvalue weighted by Gasteiger charge is -2.34. The van der Waals surface area contributed by atoms with Crippen LogP contribution in [0.2, 0.25) is 0 Å². The van der Waals surface area contributed by atoms with E-state index in [9.17, 15) is 4.79 Å². The molecule has 1 unspecified atom stereocenters. The van der Waals surface area contributed by atoms with Crippen LogP contribution >= 0.6 is 0 Å². The number of carboxylic acid groups (broad SMARTS) is 1. The molecular formula is C11H26N2O2. The molecular weight excluding hydrogens is 192 g/mol. The summed E-state index contributed by atoms with van der Waals surface area (Å²) in [5.41, 5.74) is 0. The number of hydrogen-bond donors (Lipinski definition) is 1. The zero-order valence-corrected chi connectivity index (χ0v) is 10.9. The van der Waals surface area contributed by atoms with Crippen molar-refractivity contribution < 1.29 is 9.90 Å². The fraction of sp³-hybridized carbons (Fsp3) is 0.909. The molecule has 0 amide bonds. The molecule has 0 spiro atoms. The van der Waals surface area contributed by atoms with Crippen molar-refractivity contribution in [1.82, 2.24) is 9.80 Å². The Kier molecular flexibility index (Phi) is 11.1. The first-order valence-electron chi connectivity index (χ1n) is 5.73. The monoisotopic (exact) mass is 218 g/mol. The zero-order valence-electron chi connectivity index (χ0n) is 10.9. The molecule has 1 heterocycles. The van der Waals surface area contributed by atoms with Gasteiger partial charge in [0.25, 0.3) is 0 Å². The van der Waals surface area contributed by atoms with Crippen molar-refractivity contribution in [3.8, 4) is 0 Å². The fourth-order valence-electron chi connectivity index (χ4n) is 1.28. The third-order valence-electron chi connectivity index (χ3n) is 2.14. The number of carboxylic acids is 1. The van der Waals surface area contributed by atoms with E-state index in [2.05, 4.69) is 0 Å². The minimum absolute atomic E-state index is 0.325. The summed E-state index contributed by atoms with van der Waals surface area (Å²) in [5.74, 6) is -0.723. The normalized spacial score (nSPS) is 21.9. The first-order valence-corrected chi connectivity index (χ1v) is 5.73. The smallest absolute Gasteiger partial charge is 0.322 e. The molecule has 4 nitrogen and oxygen atoms in total. The van der Waals surface area contributed by atoms with Crippen LogP contribution in [0.5, 0.6) is 0 Å². The van der Waals surface area contributed by atoms with E-state index >= 15 is 0 Å². The molecule has 1 aliphatic heterocycles. The maximum absolute atomic E-state index is 10.6. The summed E-state index contributed by atoms with van der Waals surface area (Å²) < 4.78 is 0. The minimum Gasteiger partial charge on any atom is -0.480 e. The van der Waals surface area contributed by atoms with Gasteiger partial charge in [-0.05, 0) is 14.1 Å². The van der Waals surface area contributed by atoms with Crippen LogP contribution in [0.15, 0.2) is 0 Å². The molecule has 1 aliphatic rings. The van der Waals surface area contributed by atoms with E-state index in [1.54, 1.807) is 0 Å². The van der Waals surface area contributed by atoms with Gasteiger partial charge < -0.3 is 10.0 Å². The molecule has 0 aliphatic carbocycles. The third-order valence-corrected chi connectivity index (χ3v) is 2.14. The third kappa shape index (κ3) is 6.47. The van der Waals surface area contributed by atoms with Crippen molar-refractivity contribution in [1.29, 1.82) is 0 Å². The van der Waals surface area contributed by atoms with Crippen molar-refractivity contribution in [2.45, 2.75) is 33.7 Å². The number of aliphatic carboxylic acids is 1. The minimum atomic E-state index is -0.723. The molecule has 92 valence electrons. The van der Waals surface area contributed by atoms with Gasteiger partial charge in [-0.15, -0.1) is 0 Å². The van der Waals surface area contributed by atoms with E-state index < -0.39 is 5.97 Å². The van der Waals surface area contributed by atoms with Crippen LogP contribution in [0.4, 0.5) is 0 Å². The molecule has 1 N–H and O–H groups in total. The molecule has 1 atom stereocenters. The Morgan fingerprint density at radius 2 is 1.60 bits per heavy atom. The highest BCUT2D eigenvalue weighted by Gasteiger charge is 2.27. The summed E-state index contributed by atoms with van der Waals surface area (Å²) >= 11 is 0. The zero-order chi connectivity index (χ0) is 12.4. The van der Waals surface area contributed by atoms with Gasteiger partial charge in [-0.3, -0.25) is 9.69 Å². The summed E-state index contributed by atoms with van der Waals surface area (Å²) in [4.78, 5) is 14.6. The maximum Gasteiger partial charge on any atom is 0.322 e. The van der Waals surface area contributed by atoms with Crippen LogP contribution in [0.25, 0.3) is 0 Å². The lowest BCUT2D eigenvalue weighted by Crippen LogP contribution is -2.53. The average Bonchev–Trinajstić information content (AvgIpc) is 2.27. The topological polar surface area (TPSA) is 43.8 Å². The summed E-state index contributed by atoms with van der Waals surface area (Å²) in [5, 5.41) is 8.76. The SMILES string of the molecule is CC.CC.CN1CCN(C)C(C(=O)O)C1. The largest absolute Gasteiger partial charge is 0.480 e. The van der Waals surface area contributed by atoms with Crippen LogP contribution in [-0.4, -0.2) is 60.6 Å². The number of piperazine rings is 1. The molecule has 1 saturated heterocycles. The predicted octanol–water partition coefficient (Wildman–Crippen LogP) is 1.37. The van der Waals surface area contributed by atoms with Crippen LogP contribution in [-0.2, 0) is 4.79 Å². The lowest BCUT2D eigenvalue weighted by atomic mass is 10.2. The highest BCUT2D eigenvalue weighted by molar-refractivity contribution is 5.73. The van der Waals surface area contributed by atoms with Crippen LogP contribution in [0.1, 0.15) is 27.7 Å². The van der Waals surface area contributed by atoms with Gasteiger partial charge in [-0.2, -0.15) is 0 Å². The number of rotatable bonds is 1. The van der Waals surface area contributed by atoms with Crippen LogP contribution < -0.4 is 0 Å². The van der Waals surface area contributed by atoms with E-state index in [1.807, 2.05) is 51.6 Å². The molecule has 1 rings (SSSR count). The Bertz CT molecular complexity index is 163. The Hall–Kier alpha value is -0.610. The number of hydrogen-bond acceptors (Lipinski definition) is 3. The van der Waals surface area contributed by atoms with Crippen LogP contribution in [0, 0.1) is 0 Å². The first-order chi connectivity index (χ1) is 7.11. The van der Waals surface area contributed by atoms with Crippen molar-refractivity contribution in [2.24, 2.45) is 0 Å². The molecule has 0 aromatic heterocycles. The number of nitrogens with zero attached hydrogens (tertiary/aromatic N) is 2. The van der Waals surface area contributed by atoms with Crippen molar-refractivity contribution in [3.05, 3.63) is 0 Å². The average molecular weight is 218 g/mol. The van der Waals surface area contributed by atoms with E-state index in [4.69, 9.17) is 5.11 Å². The van der Waals surface area contributed by atoms with E-state index in [1.165, 1.54) is 0 Å².